The number of carbonyl (C=O) groups excluding carboxylic acids is 2. The molecule has 13 heteroatoms. The van der Waals surface area contributed by atoms with Gasteiger partial charge in [-0.15, -0.1) is 0 Å². The highest BCUT2D eigenvalue weighted by atomic mass is 79.9. The largest absolute Gasteiger partial charge is 0.416 e. The Morgan fingerprint density at radius 2 is 1.70 bits per heavy atom. The fourth-order valence-electron chi connectivity index (χ4n) is 3.31. The van der Waals surface area contributed by atoms with Crippen molar-refractivity contribution in [3.05, 3.63) is 63.1 Å². The Balaban J connectivity index is 2.49. The van der Waals surface area contributed by atoms with Gasteiger partial charge in [0.25, 0.3) is 0 Å². The molecule has 0 aliphatic rings. The zero-order valence-corrected chi connectivity index (χ0v) is 23.8. The molecule has 0 heterocycles. The zero-order chi connectivity index (χ0) is 28.1. The Morgan fingerprint density at radius 1 is 1.11 bits per heavy atom. The van der Waals surface area contributed by atoms with Crippen molar-refractivity contribution in [2.75, 3.05) is 17.1 Å². The molecule has 0 saturated carbocycles. The normalized spacial score (nSPS) is 13.5. The van der Waals surface area contributed by atoms with Gasteiger partial charge in [-0.3, -0.25) is 13.9 Å². The minimum Gasteiger partial charge on any atom is -0.352 e. The maximum Gasteiger partial charge on any atom is 0.416 e. The molecular formula is C24H28BrClF3N3O4S. The predicted octanol–water partition coefficient (Wildman–Crippen LogP) is 5.22. The fraction of sp³-hybridized carbons (Fsp3) is 0.417. The monoisotopic (exact) mass is 625 g/mol. The Labute approximate surface area is 228 Å². The van der Waals surface area contributed by atoms with E-state index in [2.05, 4.69) is 21.2 Å². The lowest BCUT2D eigenvalue weighted by molar-refractivity contribution is -0.139. The van der Waals surface area contributed by atoms with E-state index in [0.717, 1.165) is 22.9 Å². The van der Waals surface area contributed by atoms with Crippen molar-refractivity contribution in [3.63, 3.8) is 0 Å². The topological polar surface area (TPSA) is 86.8 Å². The van der Waals surface area contributed by atoms with Crippen LogP contribution in [0.4, 0.5) is 18.9 Å². The van der Waals surface area contributed by atoms with Gasteiger partial charge >= 0.3 is 6.18 Å². The lowest BCUT2D eigenvalue weighted by Crippen LogP contribution is -2.52. The molecule has 0 radical (unpaired) electrons. The van der Waals surface area contributed by atoms with Crippen LogP contribution in [0.25, 0.3) is 0 Å². The maximum absolute atomic E-state index is 13.5. The molecular weight excluding hydrogens is 599 g/mol. The van der Waals surface area contributed by atoms with Crippen LogP contribution in [0, 0.1) is 0 Å². The number of carbonyl (C=O) groups is 2. The molecule has 0 unspecified atom stereocenters. The number of benzene rings is 2. The van der Waals surface area contributed by atoms with Gasteiger partial charge in [0, 0.05) is 17.1 Å². The first-order valence-corrected chi connectivity index (χ1v) is 14.2. The molecule has 2 rings (SSSR count). The van der Waals surface area contributed by atoms with Crippen molar-refractivity contribution >= 4 is 55.1 Å². The van der Waals surface area contributed by atoms with Gasteiger partial charge in [-0.25, -0.2) is 8.42 Å². The van der Waals surface area contributed by atoms with Gasteiger partial charge in [0.05, 0.1) is 22.5 Å². The van der Waals surface area contributed by atoms with E-state index in [1.165, 1.54) is 11.8 Å². The van der Waals surface area contributed by atoms with Crippen LogP contribution < -0.4 is 9.62 Å². The number of nitrogens with one attached hydrogen (secondary N) is 1. The molecule has 7 nitrogen and oxygen atoms in total. The average molecular weight is 627 g/mol. The van der Waals surface area contributed by atoms with Crippen molar-refractivity contribution in [2.24, 2.45) is 0 Å². The van der Waals surface area contributed by atoms with Crippen molar-refractivity contribution < 1.29 is 31.2 Å². The molecule has 0 aromatic heterocycles. The standard InChI is InChI=1S/C24H28BrClF3N3O4S/c1-5-15(2)30-23(34)16(3)31(13-17-6-9-19(25)10-7-17)22(33)14-32(37(4,35)36)21-12-18(24(27,28)29)8-11-20(21)26/h6-12,15-16H,5,13-14H2,1-4H3,(H,30,34)/t15-,16+/m0/s1. The molecule has 2 aromatic carbocycles. The van der Waals surface area contributed by atoms with Crippen LogP contribution in [-0.2, 0) is 32.3 Å². The van der Waals surface area contributed by atoms with Gasteiger partial charge in [0.2, 0.25) is 21.8 Å². The van der Waals surface area contributed by atoms with Gasteiger partial charge in [-0.05, 0) is 56.2 Å². The minimum atomic E-state index is -4.76. The molecule has 1 N–H and O–H groups in total. The Hall–Kier alpha value is -2.31. The SMILES string of the molecule is CC[C@H](C)NC(=O)[C@@H](C)N(Cc1ccc(Br)cc1)C(=O)CN(c1cc(C(F)(F)F)ccc1Cl)S(C)(=O)=O. The van der Waals surface area contributed by atoms with Gasteiger partial charge < -0.3 is 10.2 Å². The molecule has 0 bridgehead atoms. The van der Waals surface area contributed by atoms with Crippen molar-refractivity contribution in [1.29, 1.82) is 0 Å². The summed E-state index contributed by atoms with van der Waals surface area (Å²) in [6, 6.07) is 7.97. The summed E-state index contributed by atoms with van der Waals surface area (Å²) in [5, 5.41) is 2.51. The van der Waals surface area contributed by atoms with E-state index in [1.54, 1.807) is 31.2 Å². The minimum absolute atomic E-state index is 0.0465. The van der Waals surface area contributed by atoms with Gasteiger partial charge in [-0.1, -0.05) is 46.6 Å². The van der Waals surface area contributed by atoms with Crippen LogP contribution in [0.3, 0.4) is 0 Å². The second-order valence-corrected chi connectivity index (χ2v) is 11.8. The smallest absolute Gasteiger partial charge is 0.352 e. The highest BCUT2D eigenvalue weighted by molar-refractivity contribution is 9.10. The fourth-order valence-corrected chi connectivity index (χ4v) is 4.70. The Bertz CT molecular complexity index is 1230. The van der Waals surface area contributed by atoms with Gasteiger partial charge in [0.1, 0.15) is 12.6 Å². The molecule has 2 aromatic rings. The molecule has 0 spiro atoms. The lowest BCUT2D eigenvalue weighted by Gasteiger charge is -2.32. The molecule has 0 fully saturated rings. The summed E-state index contributed by atoms with van der Waals surface area (Å²) < 4.78 is 66.5. The summed E-state index contributed by atoms with van der Waals surface area (Å²) in [6.07, 6.45) is -3.35. The summed E-state index contributed by atoms with van der Waals surface area (Å²) in [6.45, 7) is 4.26. The summed E-state index contributed by atoms with van der Waals surface area (Å²) in [7, 11) is -4.25. The summed E-state index contributed by atoms with van der Waals surface area (Å²) in [5.74, 6) is -1.25. The number of alkyl halides is 3. The van der Waals surface area contributed by atoms with E-state index in [4.69, 9.17) is 11.6 Å². The van der Waals surface area contributed by atoms with Crippen LogP contribution in [-0.4, -0.2) is 50.0 Å². The van der Waals surface area contributed by atoms with Crippen LogP contribution in [0.1, 0.15) is 38.3 Å². The summed E-state index contributed by atoms with van der Waals surface area (Å²) >= 11 is 9.40. The third-order valence-corrected chi connectivity index (χ3v) is 7.63. The molecule has 2 atom stereocenters. The number of amides is 2. The molecule has 204 valence electrons. The Kier molecular flexibility index (Phi) is 10.4. The third-order valence-electron chi connectivity index (χ3n) is 5.66. The zero-order valence-electron chi connectivity index (χ0n) is 20.6. The maximum atomic E-state index is 13.5. The molecule has 0 saturated heterocycles. The van der Waals surface area contributed by atoms with E-state index in [-0.39, 0.29) is 17.6 Å². The van der Waals surface area contributed by atoms with Crippen LogP contribution >= 0.6 is 27.5 Å². The number of halogens is 5. The number of hydrogen-bond acceptors (Lipinski definition) is 4. The average Bonchev–Trinajstić information content (AvgIpc) is 2.80. The first kappa shape index (κ1) is 30.9. The number of hydrogen-bond donors (Lipinski definition) is 1. The lowest BCUT2D eigenvalue weighted by atomic mass is 10.1. The number of sulfonamides is 1. The predicted molar refractivity (Wildman–Crippen MR) is 141 cm³/mol. The number of anilines is 1. The molecule has 2 amide bonds. The number of rotatable bonds is 10. The molecule has 0 aliphatic carbocycles. The van der Waals surface area contributed by atoms with Gasteiger partial charge in [0.15, 0.2) is 0 Å². The highest BCUT2D eigenvalue weighted by Crippen LogP contribution is 2.36. The van der Waals surface area contributed by atoms with Gasteiger partial charge in [-0.2, -0.15) is 13.2 Å². The summed E-state index contributed by atoms with van der Waals surface area (Å²) in [5.41, 5.74) is -0.962. The van der Waals surface area contributed by atoms with Crippen molar-refractivity contribution in [2.45, 2.75) is 52.0 Å². The first-order valence-electron chi connectivity index (χ1n) is 11.2. The van der Waals surface area contributed by atoms with Crippen LogP contribution in [0.5, 0.6) is 0 Å². The van der Waals surface area contributed by atoms with E-state index < -0.39 is 51.9 Å². The second-order valence-electron chi connectivity index (χ2n) is 8.58. The second kappa shape index (κ2) is 12.5. The van der Waals surface area contributed by atoms with E-state index in [9.17, 15) is 31.2 Å². The van der Waals surface area contributed by atoms with E-state index in [1.807, 2.05) is 6.92 Å². The number of nitrogens with zero attached hydrogens (tertiary/aromatic N) is 2. The first-order chi connectivity index (χ1) is 17.0. The third kappa shape index (κ3) is 8.61. The van der Waals surface area contributed by atoms with Crippen molar-refractivity contribution in [3.8, 4) is 0 Å². The van der Waals surface area contributed by atoms with Crippen molar-refractivity contribution in [1.82, 2.24) is 10.2 Å². The van der Waals surface area contributed by atoms with Crippen LogP contribution in [0.2, 0.25) is 5.02 Å². The molecule has 37 heavy (non-hydrogen) atoms. The van der Waals surface area contributed by atoms with Crippen LogP contribution in [0.15, 0.2) is 46.9 Å². The summed E-state index contributed by atoms with van der Waals surface area (Å²) in [4.78, 5) is 27.6. The van der Waals surface area contributed by atoms with E-state index in [0.29, 0.717) is 22.4 Å². The molecule has 0 aliphatic heterocycles. The Morgan fingerprint density at radius 3 is 2.22 bits per heavy atom. The quantitative estimate of drug-likeness (QED) is 0.392. The highest BCUT2D eigenvalue weighted by Gasteiger charge is 2.34. The van der Waals surface area contributed by atoms with E-state index >= 15 is 0 Å².